The highest BCUT2D eigenvalue weighted by molar-refractivity contribution is 7.80. The van der Waals surface area contributed by atoms with Gasteiger partial charge in [0.25, 0.3) is 5.91 Å². The van der Waals surface area contributed by atoms with Crippen molar-refractivity contribution in [3.05, 3.63) is 47.3 Å². The summed E-state index contributed by atoms with van der Waals surface area (Å²) in [5.74, 6) is 0.549. The smallest absolute Gasteiger partial charge is 0.256 e. The van der Waals surface area contributed by atoms with Crippen LogP contribution in [0.2, 0.25) is 0 Å². The number of hydrogen-bond donors (Lipinski definition) is 1. The van der Waals surface area contributed by atoms with E-state index in [1.807, 2.05) is 53.8 Å². The molecule has 1 aliphatic carbocycles. The van der Waals surface area contributed by atoms with Crippen molar-refractivity contribution < 1.29 is 4.79 Å². The minimum Gasteiger partial charge on any atom is -0.347 e. The molecule has 142 valence electrons. The lowest BCUT2D eigenvalue weighted by atomic mass is 9.85. The zero-order valence-electron chi connectivity index (χ0n) is 16.1. The predicted octanol–water partition coefficient (Wildman–Crippen LogP) is 3.83. The molecule has 0 radical (unpaired) electrons. The lowest BCUT2D eigenvalue weighted by molar-refractivity contribution is -0.129. The normalized spacial score (nSPS) is 25.7. The average molecular weight is 383 g/mol. The summed E-state index contributed by atoms with van der Waals surface area (Å²) in [5, 5.41) is 8.55. The van der Waals surface area contributed by atoms with E-state index in [1.165, 1.54) is 6.42 Å². The van der Waals surface area contributed by atoms with E-state index >= 15 is 0 Å². The third-order valence-corrected chi connectivity index (χ3v) is 6.32. The van der Waals surface area contributed by atoms with Gasteiger partial charge in [-0.1, -0.05) is 38.0 Å². The van der Waals surface area contributed by atoms with Crippen molar-refractivity contribution in [1.29, 1.82) is 0 Å². The molecule has 1 saturated heterocycles. The van der Waals surface area contributed by atoms with Crippen LogP contribution in [0.4, 0.5) is 0 Å². The molecule has 1 aromatic carbocycles. The topological polar surface area (TPSA) is 50.2 Å². The van der Waals surface area contributed by atoms with E-state index in [0.29, 0.717) is 11.0 Å². The zero-order chi connectivity index (χ0) is 19.1. The number of amides is 1. The van der Waals surface area contributed by atoms with Gasteiger partial charge in [-0.25, -0.2) is 4.68 Å². The first-order valence-electron chi connectivity index (χ1n) is 9.74. The molecule has 1 N–H and O–H groups in total. The summed E-state index contributed by atoms with van der Waals surface area (Å²) < 4.78 is 1.91. The number of carbonyl (C=O) groups excluding carboxylic acids is 1. The van der Waals surface area contributed by atoms with E-state index < -0.39 is 6.04 Å². The summed E-state index contributed by atoms with van der Waals surface area (Å²) >= 11 is 5.58. The predicted molar refractivity (Wildman–Crippen MR) is 110 cm³/mol. The van der Waals surface area contributed by atoms with E-state index in [4.69, 9.17) is 17.3 Å². The van der Waals surface area contributed by atoms with Gasteiger partial charge in [-0.15, -0.1) is 0 Å². The Morgan fingerprint density at radius 1 is 1.15 bits per heavy atom. The first-order valence-corrected chi connectivity index (χ1v) is 10.1. The van der Waals surface area contributed by atoms with Crippen LogP contribution in [0, 0.1) is 19.8 Å². The van der Waals surface area contributed by atoms with Gasteiger partial charge < -0.3 is 5.32 Å². The molecule has 2 aromatic rings. The summed E-state index contributed by atoms with van der Waals surface area (Å²) in [6, 6.07) is 9.78. The fraction of sp³-hybridized carbons (Fsp3) is 0.476. The minimum atomic E-state index is -0.441. The number of nitrogens with one attached hydrogen (secondary N) is 1. The number of carbonyl (C=O) groups is 1. The molecular formula is C21H26N4OS. The summed E-state index contributed by atoms with van der Waals surface area (Å²) in [5.41, 5.74) is 3.78. The monoisotopic (exact) mass is 382 g/mol. The van der Waals surface area contributed by atoms with Crippen LogP contribution in [0.3, 0.4) is 0 Å². The highest BCUT2D eigenvalue weighted by Crippen LogP contribution is 2.35. The number of hydrogen-bond acceptors (Lipinski definition) is 3. The second kappa shape index (κ2) is 7.08. The van der Waals surface area contributed by atoms with Crippen LogP contribution < -0.4 is 5.32 Å². The van der Waals surface area contributed by atoms with Crippen molar-refractivity contribution in [2.75, 3.05) is 0 Å². The second-order valence-corrected chi connectivity index (χ2v) is 8.14. The Hall–Kier alpha value is -2.21. The van der Waals surface area contributed by atoms with Crippen LogP contribution in [-0.4, -0.2) is 31.7 Å². The molecule has 1 saturated carbocycles. The van der Waals surface area contributed by atoms with Gasteiger partial charge in [0.2, 0.25) is 0 Å². The van der Waals surface area contributed by atoms with Gasteiger partial charge in [-0.2, -0.15) is 5.10 Å². The first kappa shape index (κ1) is 18.2. The van der Waals surface area contributed by atoms with Crippen molar-refractivity contribution in [3.63, 3.8) is 0 Å². The Labute approximate surface area is 165 Å². The molecule has 1 aromatic heterocycles. The lowest BCUT2D eigenvalue weighted by Crippen LogP contribution is -2.45. The average Bonchev–Trinajstić information content (AvgIpc) is 3.11. The number of aromatic nitrogens is 2. The summed E-state index contributed by atoms with van der Waals surface area (Å²) in [6.07, 6.45) is 4.59. The molecule has 5 nitrogen and oxygen atoms in total. The molecule has 0 spiro atoms. The van der Waals surface area contributed by atoms with Gasteiger partial charge in [-0.05, 0) is 57.0 Å². The third-order valence-electron chi connectivity index (χ3n) is 6.01. The number of nitrogens with zero attached hydrogens (tertiary/aromatic N) is 3. The largest absolute Gasteiger partial charge is 0.347 e. The molecule has 27 heavy (non-hydrogen) atoms. The number of aryl methyl sites for hydroxylation is 1. The second-order valence-electron chi connectivity index (χ2n) is 7.75. The van der Waals surface area contributed by atoms with Gasteiger partial charge in [-0.3, -0.25) is 9.69 Å². The van der Waals surface area contributed by atoms with Crippen LogP contribution in [0.15, 0.2) is 30.3 Å². The Bertz CT molecular complexity index is 876. The Morgan fingerprint density at radius 2 is 1.85 bits per heavy atom. The number of thiocarbonyl (C=S) groups is 1. The summed E-state index contributed by atoms with van der Waals surface area (Å²) in [6.45, 7) is 6.22. The maximum atomic E-state index is 13.4. The van der Waals surface area contributed by atoms with Crippen molar-refractivity contribution in [2.24, 2.45) is 5.92 Å². The van der Waals surface area contributed by atoms with Crippen LogP contribution in [0.1, 0.15) is 55.6 Å². The molecule has 2 heterocycles. The van der Waals surface area contributed by atoms with E-state index in [0.717, 1.165) is 41.9 Å². The van der Waals surface area contributed by atoms with E-state index in [-0.39, 0.29) is 11.9 Å². The quantitative estimate of drug-likeness (QED) is 0.820. The van der Waals surface area contributed by atoms with Gasteiger partial charge >= 0.3 is 0 Å². The lowest BCUT2D eigenvalue weighted by Gasteiger charge is -2.35. The van der Waals surface area contributed by atoms with Crippen molar-refractivity contribution in [3.8, 4) is 5.69 Å². The van der Waals surface area contributed by atoms with E-state index in [9.17, 15) is 4.79 Å². The minimum absolute atomic E-state index is 0.0672. The Kier molecular flexibility index (Phi) is 4.76. The molecule has 2 fully saturated rings. The first-order chi connectivity index (χ1) is 13.0. The fourth-order valence-electron chi connectivity index (χ4n) is 4.58. The highest BCUT2D eigenvalue weighted by Gasteiger charge is 2.44. The van der Waals surface area contributed by atoms with E-state index in [1.54, 1.807) is 0 Å². The summed E-state index contributed by atoms with van der Waals surface area (Å²) in [4.78, 5) is 15.2. The number of para-hydroxylation sites is 1. The Balaban J connectivity index is 1.68. The van der Waals surface area contributed by atoms with Crippen LogP contribution >= 0.6 is 12.2 Å². The molecule has 3 atom stereocenters. The third kappa shape index (κ3) is 3.06. The van der Waals surface area contributed by atoms with Crippen LogP contribution in [0.25, 0.3) is 5.69 Å². The fourth-order valence-corrected chi connectivity index (χ4v) is 4.92. The number of rotatable bonds is 3. The molecule has 6 heteroatoms. The Morgan fingerprint density at radius 3 is 2.56 bits per heavy atom. The molecule has 0 unspecified atom stereocenters. The van der Waals surface area contributed by atoms with Gasteiger partial charge in [0.05, 0.1) is 11.4 Å². The molecule has 0 bridgehead atoms. The van der Waals surface area contributed by atoms with Crippen LogP contribution in [-0.2, 0) is 4.79 Å². The van der Waals surface area contributed by atoms with Crippen molar-refractivity contribution in [2.45, 2.75) is 58.5 Å². The standard InChI is InChI=1S/C21H26N4OS/c1-13-9-7-8-12-17(13)24-20(26)19(22-21(24)27)18-14(2)23-25(15(18)3)16-10-5-4-6-11-16/h4-6,10-11,13,17,19H,7-9,12H2,1-3H3,(H,22,27)/t13-,17-,19-/m0/s1. The van der Waals surface area contributed by atoms with Crippen LogP contribution in [0.5, 0.6) is 0 Å². The molecule has 2 aliphatic rings. The maximum Gasteiger partial charge on any atom is 0.256 e. The maximum absolute atomic E-state index is 13.4. The van der Waals surface area contributed by atoms with Gasteiger partial charge in [0, 0.05) is 17.3 Å². The zero-order valence-corrected chi connectivity index (χ0v) is 16.9. The van der Waals surface area contributed by atoms with Gasteiger partial charge in [0.1, 0.15) is 6.04 Å². The van der Waals surface area contributed by atoms with Crippen molar-refractivity contribution in [1.82, 2.24) is 20.0 Å². The SMILES string of the molecule is Cc1nn(-c2ccccc2)c(C)c1[C@@H]1NC(=S)N([C@H]2CCCC[C@@H]2C)C1=O. The summed E-state index contributed by atoms with van der Waals surface area (Å²) in [7, 11) is 0. The molecule has 4 rings (SSSR count). The van der Waals surface area contributed by atoms with E-state index in [2.05, 4.69) is 12.2 Å². The molecule has 1 aliphatic heterocycles. The van der Waals surface area contributed by atoms with Crippen molar-refractivity contribution >= 4 is 23.2 Å². The highest BCUT2D eigenvalue weighted by atomic mass is 32.1. The van der Waals surface area contributed by atoms with Gasteiger partial charge in [0.15, 0.2) is 5.11 Å². The number of benzene rings is 1. The molecular weight excluding hydrogens is 356 g/mol. The molecule has 1 amide bonds.